The number of aliphatic hydroxyl groups excluding tert-OH is 1. The van der Waals surface area contributed by atoms with E-state index in [0.717, 1.165) is 10.4 Å². The Labute approximate surface area is 137 Å². The van der Waals surface area contributed by atoms with E-state index < -0.39 is 6.10 Å². The molecule has 3 nitrogen and oxygen atoms in total. The van der Waals surface area contributed by atoms with Crippen LogP contribution in [-0.2, 0) is 11.2 Å². The van der Waals surface area contributed by atoms with Gasteiger partial charge in [0.05, 0.1) is 11.1 Å². The number of hydrogen-bond donors (Lipinski definition) is 2. The Morgan fingerprint density at radius 1 is 1.24 bits per heavy atom. The summed E-state index contributed by atoms with van der Waals surface area (Å²) in [6.45, 7) is 0.186. The molecule has 1 unspecified atom stereocenters. The Kier molecular flexibility index (Phi) is 6.06. The maximum absolute atomic E-state index is 11.7. The summed E-state index contributed by atoms with van der Waals surface area (Å²) in [6.07, 6.45) is 0.298. The molecular formula is C15H15Cl2NO2S. The minimum Gasteiger partial charge on any atom is -0.387 e. The fourth-order valence-electron chi connectivity index (χ4n) is 1.82. The van der Waals surface area contributed by atoms with Gasteiger partial charge in [-0.25, -0.2) is 0 Å². The molecule has 6 heteroatoms. The molecule has 2 aromatic rings. The Hall–Kier alpha value is -1.07. The summed E-state index contributed by atoms with van der Waals surface area (Å²) in [5, 5.41) is 15.9. The highest BCUT2D eigenvalue weighted by Crippen LogP contribution is 2.20. The number of benzene rings is 1. The Bertz CT molecular complexity index is 598. The van der Waals surface area contributed by atoms with Gasteiger partial charge in [0.15, 0.2) is 0 Å². The molecule has 1 atom stereocenters. The van der Waals surface area contributed by atoms with Gasteiger partial charge < -0.3 is 10.4 Å². The van der Waals surface area contributed by atoms with Crippen LogP contribution in [0.5, 0.6) is 0 Å². The van der Waals surface area contributed by atoms with Crippen LogP contribution in [-0.4, -0.2) is 17.6 Å². The molecular weight excluding hydrogens is 329 g/mol. The lowest BCUT2D eigenvalue weighted by molar-refractivity contribution is -0.121. The van der Waals surface area contributed by atoms with Gasteiger partial charge in [-0.3, -0.25) is 4.79 Å². The number of nitrogens with one attached hydrogen (secondary N) is 1. The highest BCUT2D eigenvalue weighted by molar-refractivity contribution is 7.10. The molecule has 1 amide bonds. The molecule has 1 aromatic heterocycles. The van der Waals surface area contributed by atoms with Crippen LogP contribution in [0.2, 0.25) is 10.0 Å². The predicted octanol–water partition coefficient (Wildman–Crippen LogP) is 3.84. The summed E-state index contributed by atoms with van der Waals surface area (Å²) in [7, 11) is 0. The van der Waals surface area contributed by atoms with Gasteiger partial charge in [0.1, 0.15) is 0 Å². The second-order valence-electron chi connectivity index (χ2n) is 4.60. The van der Waals surface area contributed by atoms with E-state index in [1.807, 2.05) is 11.4 Å². The second kappa shape index (κ2) is 7.80. The van der Waals surface area contributed by atoms with Crippen molar-refractivity contribution in [2.45, 2.75) is 18.9 Å². The van der Waals surface area contributed by atoms with Crippen molar-refractivity contribution in [3.05, 3.63) is 56.2 Å². The molecule has 2 rings (SSSR count). The lowest BCUT2D eigenvalue weighted by atomic mass is 10.1. The first-order valence-corrected chi connectivity index (χ1v) is 8.11. The molecule has 0 aliphatic rings. The molecule has 0 radical (unpaired) electrons. The topological polar surface area (TPSA) is 49.3 Å². The molecule has 0 saturated heterocycles. The maximum Gasteiger partial charge on any atom is 0.220 e. The normalized spacial score (nSPS) is 12.1. The van der Waals surface area contributed by atoms with Crippen molar-refractivity contribution in [1.29, 1.82) is 0 Å². The Morgan fingerprint density at radius 2 is 1.95 bits per heavy atom. The first kappa shape index (κ1) is 16.3. The first-order chi connectivity index (χ1) is 10.0. The number of carbonyl (C=O) groups is 1. The molecule has 2 N–H and O–H groups in total. The van der Waals surface area contributed by atoms with E-state index in [4.69, 9.17) is 23.2 Å². The fraction of sp³-hybridized carbons (Fsp3) is 0.267. The monoisotopic (exact) mass is 343 g/mol. The standard InChI is InChI=1S/C15H15Cl2NO2S/c16-11-3-1-10(2-4-11)14(19)8-18-15(20)6-5-13-7-12(17)9-21-13/h1-4,7,9,14,19H,5-6,8H2,(H,18,20). The highest BCUT2D eigenvalue weighted by Gasteiger charge is 2.10. The molecule has 0 saturated carbocycles. The minimum atomic E-state index is -0.734. The van der Waals surface area contributed by atoms with E-state index in [9.17, 15) is 9.90 Å². The molecule has 0 aliphatic heterocycles. The summed E-state index contributed by atoms with van der Waals surface area (Å²) in [6, 6.07) is 8.77. The quantitative estimate of drug-likeness (QED) is 0.837. The van der Waals surface area contributed by atoms with Crippen LogP contribution in [0.15, 0.2) is 35.7 Å². The SMILES string of the molecule is O=C(CCc1cc(Cl)cs1)NCC(O)c1ccc(Cl)cc1. The third-order valence-corrected chi connectivity index (χ3v) is 4.56. The smallest absolute Gasteiger partial charge is 0.220 e. The van der Waals surface area contributed by atoms with Gasteiger partial charge in [0.25, 0.3) is 0 Å². The van der Waals surface area contributed by atoms with Crippen molar-refractivity contribution in [2.24, 2.45) is 0 Å². The van der Waals surface area contributed by atoms with Crippen molar-refractivity contribution >= 4 is 40.4 Å². The largest absolute Gasteiger partial charge is 0.387 e. The van der Waals surface area contributed by atoms with Crippen molar-refractivity contribution < 1.29 is 9.90 Å². The number of amides is 1. The summed E-state index contributed by atoms with van der Waals surface area (Å²) >= 11 is 13.2. The third kappa shape index (κ3) is 5.32. The molecule has 0 spiro atoms. The van der Waals surface area contributed by atoms with E-state index in [1.165, 1.54) is 0 Å². The third-order valence-electron chi connectivity index (χ3n) is 2.97. The Balaban J connectivity index is 1.74. The van der Waals surface area contributed by atoms with Crippen LogP contribution in [0, 0.1) is 0 Å². The number of thiophene rings is 1. The van der Waals surface area contributed by atoms with Crippen molar-refractivity contribution in [3.63, 3.8) is 0 Å². The number of aliphatic hydroxyl groups is 1. The van der Waals surface area contributed by atoms with E-state index in [2.05, 4.69) is 5.32 Å². The lowest BCUT2D eigenvalue weighted by Gasteiger charge is -2.12. The molecule has 112 valence electrons. The Morgan fingerprint density at radius 3 is 2.57 bits per heavy atom. The number of rotatable bonds is 6. The van der Waals surface area contributed by atoms with E-state index in [1.54, 1.807) is 35.6 Å². The van der Waals surface area contributed by atoms with E-state index in [-0.39, 0.29) is 12.5 Å². The zero-order chi connectivity index (χ0) is 15.2. The summed E-state index contributed by atoms with van der Waals surface area (Å²) < 4.78 is 0. The van der Waals surface area contributed by atoms with Gasteiger partial charge in [-0.2, -0.15) is 0 Å². The molecule has 0 fully saturated rings. The van der Waals surface area contributed by atoms with Crippen LogP contribution < -0.4 is 5.32 Å². The molecule has 1 heterocycles. The van der Waals surface area contributed by atoms with Crippen molar-refractivity contribution in [2.75, 3.05) is 6.54 Å². The fourth-order valence-corrected chi connectivity index (χ4v) is 3.03. The summed E-state index contributed by atoms with van der Waals surface area (Å²) in [5.74, 6) is -0.0902. The number of hydrogen-bond acceptors (Lipinski definition) is 3. The minimum absolute atomic E-state index is 0.0902. The average molecular weight is 344 g/mol. The van der Waals surface area contributed by atoms with Gasteiger partial charge in [-0.05, 0) is 30.2 Å². The van der Waals surface area contributed by atoms with Gasteiger partial charge in [0, 0.05) is 28.2 Å². The number of halogens is 2. The average Bonchev–Trinajstić information content (AvgIpc) is 2.89. The van der Waals surface area contributed by atoms with Crippen molar-refractivity contribution in [3.8, 4) is 0 Å². The zero-order valence-electron chi connectivity index (χ0n) is 11.2. The molecule has 0 aliphatic carbocycles. The first-order valence-electron chi connectivity index (χ1n) is 6.48. The van der Waals surface area contributed by atoms with Gasteiger partial charge in [-0.15, -0.1) is 11.3 Å². The second-order valence-corrected chi connectivity index (χ2v) is 6.47. The lowest BCUT2D eigenvalue weighted by Crippen LogP contribution is -2.28. The zero-order valence-corrected chi connectivity index (χ0v) is 13.5. The van der Waals surface area contributed by atoms with Gasteiger partial charge >= 0.3 is 0 Å². The van der Waals surface area contributed by atoms with Crippen LogP contribution in [0.25, 0.3) is 0 Å². The number of carbonyl (C=O) groups excluding carboxylic acids is 1. The number of aryl methyl sites for hydroxylation is 1. The van der Waals surface area contributed by atoms with Gasteiger partial charge in [-0.1, -0.05) is 35.3 Å². The predicted molar refractivity (Wildman–Crippen MR) is 87.1 cm³/mol. The molecule has 1 aromatic carbocycles. The van der Waals surface area contributed by atoms with Gasteiger partial charge in [0.2, 0.25) is 5.91 Å². The summed E-state index contributed by atoms with van der Waals surface area (Å²) in [4.78, 5) is 12.8. The molecule has 21 heavy (non-hydrogen) atoms. The van der Waals surface area contributed by atoms with Crippen LogP contribution >= 0.6 is 34.5 Å². The maximum atomic E-state index is 11.7. The van der Waals surface area contributed by atoms with Crippen LogP contribution in [0.3, 0.4) is 0 Å². The van der Waals surface area contributed by atoms with E-state index >= 15 is 0 Å². The van der Waals surface area contributed by atoms with Crippen molar-refractivity contribution in [1.82, 2.24) is 5.32 Å². The van der Waals surface area contributed by atoms with Crippen LogP contribution in [0.1, 0.15) is 23.0 Å². The highest BCUT2D eigenvalue weighted by atomic mass is 35.5. The van der Waals surface area contributed by atoms with Crippen LogP contribution in [0.4, 0.5) is 0 Å². The molecule has 0 bridgehead atoms. The van der Waals surface area contributed by atoms with E-state index in [0.29, 0.717) is 22.9 Å². The summed E-state index contributed by atoms with van der Waals surface area (Å²) in [5.41, 5.74) is 0.727.